The zero-order chi connectivity index (χ0) is 15.1. The van der Waals surface area contributed by atoms with Crippen LogP contribution in [0, 0.1) is 0 Å². The van der Waals surface area contributed by atoms with E-state index >= 15 is 0 Å². The quantitative estimate of drug-likeness (QED) is 0.741. The Morgan fingerprint density at radius 1 is 1.36 bits per heavy atom. The van der Waals surface area contributed by atoms with Crippen molar-refractivity contribution in [2.45, 2.75) is 13.0 Å². The molecule has 2 N–H and O–H groups in total. The highest BCUT2D eigenvalue weighted by Crippen LogP contribution is 2.36. The van der Waals surface area contributed by atoms with Crippen molar-refractivity contribution in [2.24, 2.45) is 0 Å². The molecule has 0 unspecified atom stereocenters. The molecule has 7 heteroatoms. The lowest BCUT2D eigenvalue weighted by molar-refractivity contribution is 0.0737. The lowest BCUT2D eigenvalue weighted by Gasteiger charge is -2.27. The van der Waals surface area contributed by atoms with E-state index in [2.05, 4.69) is 15.0 Å². The summed E-state index contributed by atoms with van der Waals surface area (Å²) in [5.41, 5.74) is 7.78. The summed E-state index contributed by atoms with van der Waals surface area (Å²) in [6.07, 6.45) is 5.53. The number of anilines is 1. The van der Waals surface area contributed by atoms with E-state index in [-0.39, 0.29) is 5.91 Å². The van der Waals surface area contributed by atoms with Crippen molar-refractivity contribution in [1.29, 1.82) is 0 Å². The van der Waals surface area contributed by atoms with Crippen LogP contribution < -0.4 is 5.73 Å². The Labute approximate surface area is 130 Å². The molecule has 3 aromatic rings. The highest BCUT2D eigenvalue weighted by molar-refractivity contribution is 7.19. The average Bonchev–Trinajstić information content (AvgIpc) is 2.93. The zero-order valence-electron chi connectivity index (χ0n) is 11.7. The highest BCUT2D eigenvalue weighted by atomic mass is 32.1. The maximum atomic E-state index is 12.5. The maximum absolute atomic E-state index is 12.5. The van der Waals surface area contributed by atoms with Crippen LogP contribution in [-0.4, -0.2) is 32.3 Å². The Morgan fingerprint density at radius 2 is 2.27 bits per heavy atom. The minimum atomic E-state index is 0.00950. The Kier molecular flexibility index (Phi) is 3.00. The van der Waals surface area contributed by atoms with Crippen molar-refractivity contribution in [3.63, 3.8) is 0 Å². The molecule has 3 aromatic heterocycles. The minimum absolute atomic E-state index is 0.00950. The second-order valence-electron chi connectivity index (χ2n) is 5.16. The number of hydrogen-bond acceptors (Lipinski definition) is 6. The SMILES string of the molecule is Nc1ncnc2sc3c(c12)CCN(C(=O)c1cccnc1)C3. The molecule has 0 fully saturated rings. The van der Waals surface area contributed by atoms with Crippen LogP contribution in [0.15, 0.2) is 30.9 Å². The summed E-state index contributed by atoms with van der Waals surface area (Å²) in [5, 5.41) is 0.955. The molecule has 6 nitrogen and oxygen atoms in total. The van der Waals surface area contributed by atoms with Crippen LogP contribution in [0.4, 0.5) is 5.82 Å². The van der Waals surface area contributed by atoms with Crippen molar-refractivity contribution in [3.05, 3.63) is 46.9 Å². The Hall–Kier alpha value is -2.54. The molecular formula is C15H13N5OS. The smallest absolute Gasteiger partial charge is 0.255 e. The number of rotatable bonds is 1. The van der Waals surface area contributed by atoms with Gasteiger partial charge in [-0.3, -0.25) is 9.78 Å². The largest absolute Gasteiger partial charge is 0.383 e. The Morgan fingerprint density at radius 3 is 3.09 bits per heavy atom. The van der Waals surface area contributed by atoms with E-state index in [1.165, 1.54) is 11.9 Å². The first kappa shape index (κ1) is 13.1. The standard InChI is InChI=1S/C15H13N5OS/c16-13-12-10-3-5-20(15(21)9-2-1-4-17-6-9)7-11(10)22-14(12)19-8-18-13/h1-2,4,6,8H,3,5,7H2,(H2,16,18,19). The van der Waals surface area contributed by atoms with Crippen LogP contribution in [0.2, 0.25) is 0 Å². The molecule has 0 atom stereocenters. The number of amides is 1. The van der Waals surface area contributed by atoms with Crippen molar-refractivity contribution >= 4 is 33.3 Å². The fraction of sp³-hybridized carbons (Fsp3) is 0.200. The summed E-state index contributed by atoms with van der Waals surface area (Å²) >= 11 is 1.59. The summed E-state index contributed by atoms with van der Waals surface area (Å²) in [6.45, 7) is 1.25. The fourth-order valence-electron chi connectivity index (χ4n) is 2.80. The van der Waals surface area contributed by atoms with Gasteiger partial charge in [-0.1, -0.05) is 0 Å². The van der Waals surface area contributed by atoms with Gasteiger partial charge < -0.3 is 10.6 Å². The van der Waals surface area contributed by atoms with Gasteiger partial charge in [-0.2, -0.15) is 0 Å². The van der Waals surface area contributed by atoms with Crippen LogP contribution in [-0.2, 0) is 13.0 Å². The summed E-state index contributed by atoms with van der Waals surface area (Å²) in [7, 11) is 0. The van der Waals surface area contributed by atoms with Gasteiger partial charge >= 0.3 is 0 Å². The topological polar surface area (TPSA) is 85.0 Å². The molecule has 0 spiro atoms. The van der Waals surface area contributed by atoms with E-state index in [1.807, 2.05) is 4.90 Å². The number of pyridine rings is 1. The molecule has 0 aliphatic carbocycles. The van der Waals surface area contributed by atoms with E-state index in [1.54, 1.807) is 35.9 Å². The lowest BCUT2D eigenvalue weighted by atomic mass is 10.0. The third kappa shape index (κ3) is 2.01. The summed E-state index contributed by atoms with van der Waals surface area (Å²) in [6, 6.07) is 3.57. The number of nitrogens with zero attached hydrogens (tertiary/aromatic N) is 4. The van der Waals surface area contributed by atoms with E-state index < -0.39 is 0 Å². The number of thiophene rings is 1. The first-order chi connectivity index (χ1) is 10.7. The van der Waals surface area contributed by atoms with Crippen LogP contribution in [0.25, 0.3) is 10.2 Å². The van der Waals surface area contributed by atoms with Crippen molar-refractivity contribution in [3.8, 4) is 0 Å². The van der Waals surface area contributed by atoms with Crippen LogP contribution >= 0.6 is 11.3 Å². The second kappa shape index (κ2) is 5.03. The van der Waals surface area contributed by atoms with E-state index in [0.29, 0.717) is 24.5 Å². The molecule has 1 aliphatic heterocycles. The number of carbonyl (C=O) groups is 1. The number of fused-ring (bicyclic) bond motifs is 3. The molecule has 110 valence electrons. The lowest BCUT2D eigenvalue weighted by Crippen LogP contribution is -2.35. The molecule has 0 bridgehead atoms. The first-order valence-corrected chi connectivity index (χ1v) is 7.75. The van der Waals surface area contributed by atoms with Gasteiger partial charge in [-0.25, -0.2) is 9.97 Å². The molecule has 22 heavy (non-hydrogen) atoms. The van der Waals surface area contributed by atoms with E-state index in [9.17, 15) is 4.79 Å². The fourth-order valence-corrected chi connectivity index (χ4v) is 4.01. The van der Waals surface area contributed by atoms with E-state index in [0.717, 1.165) is 21.5 Å². The van der Waals surface area contributed by atoms with Crippen LogP contribution in [0.5, 0.6) is 0 Å². The van der Waals surface area contributed by atoms with Gasteiger partial charge in [0.05, 0.1) is 17.5 Å². The number of aromatic nitrogens is 3. The molecule has 0 saturated heterocycles. The second-order valence-corrected chi connectivity index (χ2v) is 6.24. The molecule has 0 aromatic carbocycles. The van der Waals surface area contributed by atoms with Crippen LogP contribution in [0.1, 0.15) is 20.8 Å². The van der Waals surface area contributed by atoms with Crippen molar-refractivity contribution < 1.29 is 4.79 Å². The number of hydrogen-bond donors (Lipinski definition) is 1. The highest BCUT2D eigenvalue weighted by Gasteiger charge is 2.26. The van der Waals surface area contributed by atoms with Gasteiger partial charge in [0.15, 0.2) is 0 Å². The summed E-state index contributed by atoms with van der Waals surface area (Å²) < 4.78 is 0. The van der Waals surface area contributed by atoms with Crippen molar-refractivity contribution in [2.75, 3.05) is 12.3 Å². The monoisotopic (exact) mass is 311 g/mol. The van der Waals surface area contributed by atoms with E-state index in [4.69, 9.17) is 5.73 Å². The van der Waals surface area contributed by atoms with Gasteiger partial charge in [-0.15, -0.1) is 11.3 Å². The molecule has 1 aliphatic rings. The maximum Gasteiger partial charge on any atom is 0.255 e. The minimum Gasteiger partial charge on any atom is -0.383 e. The molecular weight excluding hydrogens is 298 g/mol. The van der Waals surface area contributed by atoms with Gasteiger partial charge in [0.25, 0.3) is 5.91 Å². The molecule has 4 heterocycles. The Bertz CT molecular complexity index is 861. The number of nitrogen functional groups attached to an aromatic ring is 1. The van der Waals surface area contributed by atoms with Gasteiger partial charge in [0.2, 0.25) is 0 Å². The predicted octanol–water partition coefficient (Wildman–Crippen LogP) is 1.87. The summed E-state index contributed by atoms with van der Waals surface area (Å²) in [5.74, 6) is 0.532. The third-order valence-corrected chi connectivity index (χ3v) is 4.99. The zero-order valence-corrected chi connectivity index (χ0v) is 12.5. The molecule has 1 amide bonds. The first-order valence-electron chi connectivity index (χ1n) is 6.94. The molecule has 0 radical (unpaired) electrons. The molecule has 0 saturated carbocycles. The Balaban J connectivity index is 1.69. The van der Waals surface area contributed by atoms with Crippen LogP contribution in [0.3, 0.4) is 0 Å². The summed E-state index contributed by atoms with van der Waals surface area (Å²) in [4.78, 5) is 28.8. The van der Waals surface area contributed by atoms with Gasteiger partial charge in [0, 0.05) is 23.8 Å². The third-order valence-electron chi connectivity index (χ3n) is 3.86. The number of carbonyl (C=O) groups excluding carboxylic acids is 1. The molecule has 4 rings (SSSR count). The number of nitrogens with two attached hydrogens (primary N) is 1. The average molecular weight is 311 g/mol. The predicted molar refractivity (Wildman–Crippen MR) is 84.5 cm³/mol. The van der Waals surface area contributed by atoms with Crippen molar-refractivity contribution in [1.82, 2.24) is 19.9 Å². The van der Waals surface area contributed by atoms with Gasteiger partial charge in [0.1, 0.15) is 17.0 Å². The normalized spacial score (nSPS) is 14.1. The van der Waals surface area contributed by atoms with Gasteiger partial charge in [-0.05, 0) is 24.1 Å².